The Morgan fingerprint density at radius 3 is 2.28 bits per heavy atom. The lowest BCUT2D eigenvalue weighted by molar-refractivity contribution is -0.236. The lowest BCUT2D eigenvalue weighted by Crippen LogP contribution is -2.66. The highest BCUT2D eigenvalue weighted by Crippen LogP contribution is 2.77. The predicted octanol–water partition coefficient (Wildman–Crippen LogP) is 4.30. The summed E-state index contributed by atoms with van der Waals surface area (Å²) >= 11 is 0. The minimum Gasteiger partial charge on any atom is -0.460 e. The molecule has 4 nitrogen and oxygen atoms in total. The molecule has 0 saturated heterocycles. The van der Waals surface area contributed by atoms with Crippen LogP contribution in [0.25, 0.3) is 0 Å². The molecule has 1 N–H and O–H groups in total. The lowest BCUT2D eigenvalue weighted by Gasteiger charge is -2.72. The normalized spacial score (nSPS) is 28.4. The third-order valence-electron chi connectivity index (χ3n) is 5.54. The van der Waals surface area contributed by atoms with E-state index in [0.717, 1.165) is 19.3 Å². The van der Waals surface area contributed by atoms with Gasteiger partial charge in [-0.2, -0.15) is 0 Å². The van der Waals surface area contributed by atoms with E-state index in [1.165, 1.54) is 12.1 Å². The van der Waals surface area contributed by atoms with Gasteiger partial charge in [-0.15, -0.1) is 0 Å². The summed E-state index contributed by atoms with van der Waals surface area (Å²) in [7, 11) is 0. The van der Waals surface area contributed by atoms with Crippen LogP contribution in [0.2, 0.25) is 0 Å². The molecule has 3 aliphatic rings. The monoisotopic (exact) mass is 347 g/mol. The third kappa shape index (κ3) is 3.55. The molecule has 1 atom stereocenters. The molecular formula is C20H26FNO3. The Hall–Kier alpha value is -1.91. The standard InChI is InChI=1S/C20H26FNO3/c1-13(17(24)22-15-7-5-14(21)6-8-15)20-10-19(11-20,12-20)9-16(23)25-18(2,3)4/h5-8,13H,9-12H2,1-4H3,(H,22,24). The largest absolute Gasteiger partial charge is 0.460 e. The summed E-state index contributed by atoms with van der Waals surface area (Å²) in [5.41, 5.74) is 0.188. The van der Waals surface area contributed by atoms with Crippen molar-refractivity contribution in [3.63, 3.8) is 0 Å². The first-order valence-electron chi connectivity index (χ1n) is 8.81. The van der Waals surface area contributed by atoms with Gasteiger partial charge in [0.05, 0.1) is 6.42 Å². The van der Waals surface area contributed by atoms with Crippen molar-refractivity contribution in [1.29, 1.82) is 0 Å². The highest BCUT2D eigenvalue weighted by Gasteiger charge is 2.70. The number of hydrogen-bond acceptors (Lipinski definition) is 3. The summed E-state index contributed by atoms with van der Waals surface area (Å²) in [6.45, 7) is 7.55. The number of benzene rings is 1. The second-order valence-electron chi connectivity index (χ2n) is 8.87. The van der Waals surface area contributed by atoms with E-state index < -0.39 is 5.60 Å². The fourth-order valence-electron chi connectivity index (χ4n) is 4.48. The molecule has 136 valence electrons. The molecule has 4 rings (SSSR count). The fraction of sp³-hybridized carbons (Fsp3) is 0.600. The molecule has 2 bridgehead atoms. The van der Waals surface area contributed by atoms with Gasteiger partial charge in [0.25, 0.3) is 0 Å². The zero-order valence-electron chi connectivity index (χ0n) is 15.3. The van der Waals surface area contributed by atoms with Crippen molar-refractivity contribution < 1.29 is 18.7 Å². The van der Waals surface area contributed by atoms with E-state index >= 15 is 0 Å². The molecule has 3 aliphatic carbocycles. The molecular weight excluding hydrogens is 321 g/mol. The van der Waals surface area contributed by atoms with Crippen molar-refractivity contribution in [3.05, 3.63) is 30.1 Å². The van der Waals surface area contributed by atoms with Crippen molar-refractivity contribution in [3.8, 4) is 0 Å². The van der Waals surface area contributed by atoms with Gasteiger partial charge in [-0.25, -0.2) is 4.39 Å². The Bertz CT molecular complexity index is 670. The summed E-state index contributed by atoms with van der Waals surface area (Å²) in [4.78, 5) is 24.5. The van der Waals surface area contributed by atoms with Crippen molar-refractivity contribution >= 4 is 17.6 Å². The number of amides is 1. The minimum absolute atomic E-state index is 0.00608. The third-order valence-corrected chi connectivity index (χ3v) is 5.54. The average Bonchev–Trinajstić information content (AvgIpc) is 2.41. The van der Waals surface area contributed by atoms with E-state index in [0.29, 0.717) is 12.1 Å². The van der Waals surface area contributed by atoms with E-state index in [-0.39, 0.29) is 34.4 Å². The first kappa shape index (κ1) is 17.9. The number of rotatable bonds is 5. The maximum Gasteiger partial charge on any atom is 0.306 e. The van der Waals surface area contributed by atoms with E-state index in [9.17, 15) is 14.0 Å². The average molecular weight is 347 g/mol. The summed E-state index contributed by atoms with van der Waals surface area (Å²) in [6.07, 6.45) is 3.14. The van der Waals surface area contributed by atoms with Crippen LogP contribution in [0.3, 0.4) is 0 Å². The first-order chi connectivity index (χ1) is 11.5. The van der Waals surface area contributed by atoms with Crippen molar-refractivity contribution in [2.45, 2.75) is 59.0 Å². The number of anilines is 1. The highest BCUT2D eigenvalue weighted by atomic mass is 19.1. The van der Waals surface area contributed by atoms with Crippen molar-refractivity contribution in [2.75, 3.05) is 5.32 Å². The Kier molecular flexibility index (Phi) is 4.17. The van der Waals surface area contributed by atoms with Gasteiger partial charge < -0.3 is 10.1 Å². The molecule has 1 aromatic carbocycles. The number of halogens is 1. The summed E-state index contributed by atoms with van der Waals surface area (Å²) in [5, 5.41) is 2.85. The van der Waals surface area contributed by atoms with Gasteiger partial charge in [0, 0.05) is 11.6 Å². The van der Waals surface area contributed by atoms with Gasteiger partial charge in [-0.3, -0.25) is 9.59 Å². The maximum absolute atomic E-state index is 12.9. The van der Waals surface area contributed by atoms with Crippen LogP contribution in [0.1, 0.15) is 53.4 Å². The molecule has 0 heterocycles. The van der Waals surface area contributed by atoms with Crippen LogP contribution < -0.4 is 5.32 Å². The number of esters is 1. The fourth-order valence-corrected chi connectivity index (χ4v) is 4.48. The minimum atomic E-state index is -0.458. The number of nitrogens with one attached hydrogen (secondary N) is 1. The molecule has 0 aromatic heterocycles. The molecule has 25 heavy (non-hydrogen) atoms. The first-order valence-corrected chi connectivity index (χ1v) is 8.81. The molecule has 1 unspecified atom stereocenters. The topological polar surface area (TPSA) is 55.4 Å². The Balaban J connectivity index is 1.51. The van der Waals surface area contributed by atoms with Crippen LogP contribution in [0.5, 0.6) is 0 Å². The van der Waals surface area contributed by atoms with E-state index in [1.54, 1.807) is 12.1 Å². The van der Waals surface area contributed by atoms with Gasteiger partial charge in [0.15, 0.2) is 0 Å². The summed E-state index contributed by atoms with van der Waals surface area (Å²) < 4.78 is 18.4. The molecule has 3 fully saturated rings. The van der Waals surface area contributed by atoms with Gasteiger partial charge >= 0.3 is 5.97 Å². The van der Waals surface area contributed by atoms with Crippen LogP contribution >= 0.6 is 0 Å². The second kappa shape index (κ2) is 5.82. The Morgan fingerprint density at radius 2 is 1.76 bits per heavy atom. The zero-order chi connectivity index (χ0) is 18.5. The summed E-state index contributed by atoms with van der Waals surface area (Å²) in [5.74, 6) is -0.644. The molecule has 0 radical (unpaired) electrons. The van der Waals surface area contributed by atoms with Crippen molar-refractivity contribution in [2.24, 2.45) is 16.7 Å². The quantitative estimate of drug-likeness (QED) is 0.808. The maximum atomic E-state index is 12.9. The van der Waals surface area contributed by atoms with E-state index in [4.69, 9.17) is 4.74 Å². The molecule has 3 saturated carbocycles. The number of ether oxygens (including phenoxy) is 1. The smallest absolute Gasteiger partial charge is 0.306 e. The Morgan fingerprint density at radius 1 is 1.20 bits per heavy atom. The SMILES string of the molecule is CC(C(=O)Nc1ccc(F)cc1)C12CC(CC(=O)OC(C)(C)C)(C1)C2. The van der Waals surface area contributed by atoms with Crippen LogP contribution in [-0.2, 0) is 14.3 Å². The lowest BCUT2D eigenvalue weighted by atomic mass is 9.31. The number of carbonyl (C=O) groups excluding carboxylic acids is 2. The molecule has 1 aromatic rings. The highest BCUT2D eigenvalue weighted by molar-refractivity contribution is 5.93. The van der Waals surface area contributed by atoms with Crippen molar-refractivity contribution in [1.82, 2.24) is 0 Å². The van der Waals surface area contributed by atoms with Crippen LogP contribution in [0, 0.1) is 22.6 Å². The molecule has 1 amide bonds. The number of hydrogen-bond donors (Lipinski definition) is 1. The van der Waals surface area contributed by atoms with E-state index in [1.807, 2.05) is 27.7 Å². The summed E-state index contributed by atoms with van der Waals surface area (Å²) in [6, 6.07) is 5.78. The van der Waals surface area contributed by atoms with Crippen LogP contribution in [0.15, 0.2) is 24.3 Å². The van der Waals surface area contributed by atoms with Gasteiger partial charge in [-0.1, -0.05) is 6.92 Å². The molecule has 0 spiro atoms. The van der Waals surface area contributed by atoms with Gasteiger partial charge in [0.2, 0.25) is 5.91 Å². The van der Waals surface area contributed by atoms with Crippen LogP contribution in [-0.4, -0.2) is 17.5 Å². The van der Waals surface area contributed by atoms with Gasteiger partial charge in [-0.05, 0) is 75.1 Å². The number of carbonyl (C=O) groups is 2. The Labute approximate surface area is 148 Å². The van der Waals surface area contributed by atoms with Crippen LogP contribution in [0.4, 0.5) is 10.1 Å². The molecule has 5 heteroatoms. The van der Waals surface area contributed by atoms with E-state index in [2.05, 4.69) is 5.32 Å². The molecule has 0 aliphatic heterocycles. The predicted molar refractivity (Wildman–Crippen MR) is 93.4 cm³/mol. The van der Waals surface area contributed by atoms with Gasteiger partial charge in [0.1, 0.15) is 11.4 Å². The zero-order valence-corrected chi connectivity index (χ0v) is 15.3. The second-order valence-corrected chi connectivity index (χ2v) is 8.87.